The molecule has 1 fully saturated rings. The molecule has 1 aromatic carbocycles. The van der Waals surface area contributed by atoms with E-state index in [1.54, 1.807) is 18.3 Å². The van der Waals surface area contributed by atoms with Crippen LogP contribution in [0.3, 0.4) is 0 Å². The van der Waals surface area contributed by atoms with E-state index in [1.165, 1.54) is 54.0 Å². The van der Waals surface area contributed by atoms with E-state index in [2.05, 4.69) is 28.0 Å². The second kappa shape index (κ2) is 8.27. The van der Waals surface area contributed by atoms with Crippen molar-refractivity contribution < 1.29 is 9.59 Å². The Bertz CT molecular complexity index is 974. The van der Waals surface area contributed by atoms with Gasteiger partial charge in [0.15, 0.2) is 11.6 Å². The SMILES string of the molecule is CC(=O)c1cc2c(s1)CCN(c1ccc3c(c1)CCCC3=O)C2CN1CCCCC1. The molecule has 0 spiro atoms. The van der Waals surface area contributed by atoms with Crippen molar-refractivity contribution in [3.8, 4) is 0 Å². The second-order valence-electron chi connectivity index (χ2n) is 8.98. The summed E-state index contributed by atoms with van der Waals surface area (Å²) < 4.78 is 0. The lowest BCUT2D eigenvalue weighted by Gasteiger charge is -2.41. The summed E-state index contributed by atoms with van der Waals surface area (Å²) in [6, 6.07) is 8.89. The van der Waals surface area contributed by atoms with Crippen LogP contribution in [0.4, 0.5) is 5.69 Å². The summed E-state index contributed by atoms with van der Waals surface area (Å²) in [4.78, 5) is 31.7. The van der Waals surface area contributed by atoms with Crippen LogP contribution in [-0.4, -0.2) is 42.6 Å². The highest BCUT2D eigenvalue weighted by molar-refractivity contribution is 7.14. The Kier molecular flexibility index (Phi) is 5.50. The van der Waals surface area contributed by atoms with E-state index < -0.39 is 0 Å². The Balaban J connectivity index is 1.50. The molecule has 0 amide bonds. The number of nitrogens with zero attached hydrogens (tertiary/aromatic N) is 2. The molecule has 1 saturated heterocycles. The molecular formula is C25H30N2O2S. The zero-order valence-corrected chi connectivity index (χ0v) is 18.6. The number of aryl methyl sites for hydroxylation is 1. The molecule has 1 aliphatic carbocycles. The van der Waals surface area contributed by atoms with Crippen LogP contribution in [0.25, 0.3) is 0 Å². The lowest BCUT2D eigenvalue weighted by Crippen LogP contribution is -2.43. The Morgan fingerprint density at radius 2 is 1.87 bits per heavy atom. The topological polar surface area (TPSA) is 40.6 Å². The van der Waals surface area contributed by atoms with E-state index in [1.807, 2.05) is 6.07 Å². The number of anilines is 1. The molecule has 5 heteroatoms. The monoisotopic (exact) mass is 422 g/mol. The smallest absolute Gasteiger partial charge is 0.169 e. The summed E-state index contributed by atoms with van der Waals surface area (Å²) in [5, 5.41) is 0. The van der Waals surface area contributed by atoms with E-state index in [9.17, 15) is 9.59 Å². The van der Waals surface area contributed by atoms with Gasteiger partial charge in [0.25, 0.3) is 0 Å². The summed E-state index contributed by atoms with van der Waals surface area (Å²) in [6.07, 6.45) is 7.52. The first-order valence-electron chi connectivity index (χ1n) is 11.4. The fourth-order valence-electron chi connectivity index (χ4n) is 5.34. The Labute approximate surface area is 182 Å². The summed E-state index contributed by atoms with van der Waals surface area (Å²) >= 11 is 1.69. The minimum absolute atomic E-state index is 0.171. The first-order valence-corrected chi connectivity index (χ1v) is 12.2. The maximum atomic E-state index is 12.3. The number of carbonyl (C=O) groups excluding carboxylic acids is 2. The van der Waals surface area contributed by atoms with Crippen LogP contribution in [0.15, 0.2) is 24.3 Å². The fraction of sp³-hybridized carbons (Fsp3) is 0.520. The van der Waals surface area contributed by atoms with Crippen molar-refractivity contribution in [2.45, 2.75) is 57.9 Å². The van der Waals surface area contributed by atoms with Gasteiger partial charge in [-0.25, -0.2) is 0 Å². The molecule has 30 heavy (non-hydrogen) atoms. The van der Waals surface area contributed by atoms with Crippen LogP contribution in [0.2, 0.25) is 0 Å². The van der Waals surface area contributed by atoms with E-state index in [4.69, 9.17) is 0 Å². The standard InChI is InChI=1S/C25H30N2O2S/c1-17(28)25-15-21-22(16-26-11-3-2-4-12-26)27(13-10-24(21)30-25)19-8-9-20-18(14-19)6-5-7-23(20)29/h8-9,14-15,22H,2-7,10-13,16H2,1H3. The third-order valence-corrected chi connectivity index (χ3v) is 8.27. The fourth-order valence-corrected chi connectivity index (χ4v) is 6.44. The second-order valence-corrected chi connectivity index (χ2v) is 10.1. The Morgan fingerprint density at radius 1 is 1.03 bits per heavy atom. The molecule has 0 bridgehead atoms. The van der Waals surface area contributed by atoms with E-state index >= 15 is 0 Å². The molecule has 2 aromatic rings. The number of rotatable bonds is 4. The highest BCUT2D eigenvalue weighted by Gasteiger charge is 2.32. The van der Waals surface area contributed by atoms with Gasteiger partial charge < -0.3 is 9.80 Å². The van der Waals surface area contributed by atoms with E-state index in [0.29, 0.717) is 6.42 Å². The molecule has 0 radical (unpaired) electrons. The third kappa shape index (κ3) is 3.74. The highest BCUT2D eigenvalue weighted by atomic mass is 32.1. The van der Waals surface area contributed by atoms with Gasteiger partial charge in [-0.15, -0.1) is 11.3 Å². The lowest BCUT2D eigenvalue weighted by molar-refractivity contribution is 0.0971. The van der Waals surface area contributed by atoms with E-state index in [0.717, 1.165) is 42.8 Å². The van der Waals surface area contributed by atoms with Gasteiger partial charge in [-0.05, 0) is 87.5 Å². The minimum Gasteiger partial charge on any atom is -0.363 e. The number of thiophene rings is 1. The predicted molar refractivity (Wildman–Crippen MR) is 122 cm³/mol. The van der Waals surface area contributed by atoms with Gasteiger partial charge in [0.1, 0.15) is 0 Å². The molecule has 1 atom stereocenters. The third-order valence-electron chi connectivity index (χ3n) is 6.95. The average molecular weight is 423 g/mol. The maximum Gasteiger partial charge on any atom is 0.169 e. The van der Waals surface area contributed by atoms with Crippen LogP contribution in [0.5, 0.6) is 0 Å². The number of benzene rings is 1. The van der Waals surface area contributed by atoms with Crippen LogP contribution in [0.1, 0.15) is 81.1 Å². The van der Waals surface area contributed by atoms with Gasteiger partial charge in [0, 0.05) is 35.6 Å². The van der Waals surface area contributed by atoms with Crippen molar-refractivity contribution >= 4 is 28.6 Å². The molecule has 3 heterocycles. The van der Waals surface area contributed by atoms with Crippen LogP contribution in [0, 0.1) is 0 Å². The first kappa shape index (κ1) is 20.0. The molecule has 5 rings (SSSR count). The molecule has 3 aliphatic rings. The summed E-state index contributed by atoms with van der Waals surface area (Å²) in [7, 11) is 0. The predicted octanol–water partition coefficient (Wildman–Crippen LogP) is 5.06. The molecule has 158 valence electrons. The number of fused-ring (bicyclic) bond motifs is 2. The van der Waals surface area contributed by atoms with Crippen molar-refractivity contribution in [1.82, 2.24) is 4.90 Å². The number of piperidine rings is 1. The number of ketones is 2. The largest absolute Gasteiger partial charge is 0.363 e. The molecule has 2 aliphatic heterocycles. The highest BCUT2D eigenvalue weighted by Crippen LogP contribution is 2.40. The zero-order chi connectivity index (χ0) is 20.7. The molecule has 4 nitrogen and oxygen atoms in total. The van der Waals surface area contributed by atoms with Crippen molar-refractivity contribution in [2.24, 2.45) is 0 Å². The van der Waals surface area contributed by atoms with Crippen molar-refractivity contribution in [1.29, 1.82) is 0 Å². The van der Waals surface area contributed by atoms with Gasteiger partial charge in [0.05, 0.1) is 10.9 Å². The first-order chi connectivity index (χ1) is 14.6. The molecule has 0 N–H and O–H groups in total. The number of Topliss-reactive ketones (excluding diaryl/α,β-unsaturated/α-hetero) is 2. The van der Waals surface area contributed by atoms with Crippen LogP contribution >= 0.6 is 11.3 Å². The minimum atomic E-state index is 0.171. The number of hydrogen-bond acceptors (Lipinski definition) is 5. The quantitative estimate of drug-likeness (QED) is 0.646. The zero-order valence-electron chi connectivity index (χ0n) is 17.8. The van der Waals surface area contributed by atoms with Gasteiger partial charge in [0.2, 0.25) is 0 Å². The molecule has 0 saturated carbocycles. The summed E-state index contributed by atoms with van der Waals surface area (Å²) in [6.45, 7) is 5.99. The van der Waals surface area contributed by atoms with Gasteiger partial charge in [-0.1, -0.05) is 6.42 Å². The van der Waals surface area contributed by atoms with Crippen molar-refractivity contribution in [2.75, 3.05) is 31.1 Å². The lowest BCUT2D eigenvalue weighted by atomic mass is 9.89. The molecule has 1 aromatic heterocycles. The number of hydrogen-bond donors (Lipinski definition) is 0. The number of carbonyl (C=O) groups is 2. The average Bonchev–Trinajstić information content (AvgIpc) is 3.20. The maximum absolute atomic E-state index is 12.3. The summed E-state index contributed by atoms with van der Waals surface area (Å²) in [5.41, 5.74) is 4.70. The van der Waals surface area contributed by atoms with Crippen LogP contribution in [-0.2, 0) is 12.8 Å². The van der Waals surface area contributed by atoms with Gasteiger partial charge in [-0.3, -0.25) is 9.59 Å². The Morgan fingerprint density at radius 3 is 2.67 bits per heavy atom. The normalized spacial score (nSPS) is 22.0. The number of likely N-dealkylation sites (tertiary alicyclic amines) is 1. The van der Waals surface area contributed by atoms with Crippen molar-refractivity contribution in [3.05, 3.63) is 50.7 Å². The Hall–Kier alpha value is -1.98. The van der Waals surface area contributed by atoms with Crippen molar-refractivity contribution in [3.63, 3.8) is 0 Å². The van der Waals surface area contributed by atoms with E-state index in [-0.39, 0.29) is 17.6 Å². The van der Waals surface area contributed by atoms with Crippen LogP contribution < -0.4 is 4.90 Å². The van der Waals surface area contributed by atoms with Gasteiger partial charge in [-0.2, -0.15) is 0 Å². The summed E-state index contributed by atoms with van der Waals surface area (Å²) in [5.74, 6) is 0.461. The molecule has 1 unspecified atom stereocenters. The van der Waals surface area contributed by atoms with Gasteiger partial charge >= 0.3 is 0 Å². The molecular weight excluding hydrogens is 392 g/mol.